The zero-order chi connectivity index (χ0) is 22.9. The molecule has 0 atom stereocenters. The number of pyridine rings is 1. The molecular formula is C26H22N2O5. The Kier molecular flexibility index (Phi) is 7.12. The summed E-state index contributed by atoms with van der Waals surface area (Å²) in [7, 11) is 0. The van der Waals surface area contributed by atoms with Crippen LogP contribution in [0.3, 0.4) is 0 Å². The molecule has 4 rings (SSSR count). The number of fused-ring (bicyclic) bond motifs is 1. The van der Waals surface area contributed by atoms with Gasteiger partial charge in [0.05, 0.1) is 5.52 Å². The molecule has 0 aliphatic carbocycles. The fourth-order valence-electron chi connectivity index (χ4n) is 3.05. The van der Waals surface area contributed by atoms with Gasteiger partial charge in [-0.1, -0.05) is 78.9 Å². The predicted octanol–water partition coefficient (Wildman–Crippen LogP) is 4.65. The molecule has 0 fully saturated rings. The van der Waals surface area contributed by atoms with Crippen molar-refractivity contribution in [1.29, 1.82) is 0 Å². The van der Waals surface area contributed by atoms with Crippen LogP contribution in [0.25, 0.3) is 10.9 Å². The zero-order valence-electron chi connectivity index (χ0n) is 17.8. The van der Waals surface area contributed by atoms with Gasteiger partial charge in [-0.15, -0.1) is 0 Å². The van der Waals surface area contributed by atoms with E-state index in [0.29, 0.717) is 11.3 Å². The van der Waals surface area contributed by atoms with Gasteiger partial charge < -0.3 is 19.5 Å². The Morgan fingerprint density at radius 3 is 2.15 bits per heavy atom. The number of benzene rings is 3. The maximum Gasteiger partial charge on any atom is 0.414 e. The number of aromatic nitrogens is 1. The van der Waals surface area contributed by atoms with Crippen molar-refractivity contribution in [3.63, 3.8) is 0 Å². The fraction of sp³-hybridized carbons (Fsp3) is 0.115. The lowest BCUT2D eigenvalue weighted by atomic mass is 10.2. The molecular weight excluding hydrogens is 420 g/mol. The van der Waals surface area contributed by atoms with E-state index >= 15 is 0 Å². The Hall–Kier alpha value is -4.39. The number of para-hydroxylation sites is 1. The summed E-state index contributed by atoms with van der Waals surface area (Å²) >= 11 is 0. The van der Waals surface area contributed by atoms with Crippen LogP contribution in [-0.4, -0.2) is 23.6 Å². The average Bonchev–Trinajstić information content (AvgIpc) is 2.86. The number of amides is 1. The average molecular weight is 442 g/mol. The third-order valence-electron chi connectivity index (χ3n) is 4.70. The minimum atomic E-state index is -0.834. The molecule has 4 aromatic rings. The number of nitrogens with zero attached hydrogens (tertiary/aromatic N) is 1. The minimum absolute atomic E-state index is 0.0137. The van der Waals surface area contributed by atoms with Crippen LogP contribution in [0.4, 0.5) is 4.79 Å². The van der Waals surface area contributed by atoms with E-state index in [0.717, 1.165) is 16.5 Å². The molecule has 1 heterocycles. The third-order valence-corrected chi connectivity index (χ3v) is 4.70. The van der Waals surface area contributed by atoms with Crippen LogP contribution in [-0.2, 0) is 22.7 Å². The molecule has 1 amide bonds. The van der Waals surface area contributed by atoms with Crippen molar-refractivity contribution >= 4 is 23.0 Å². The molecule has 7 heteroatoms. The van der Waals surface area contributed by atoms with Crippen molar-refractivity contribution in [2.45, 2.75) is 13.2 Å². The molecule has 0 saturated carbocycles. The maximum absolute atomic E-state index is 12.3. The second-order valence-corrected chi connectivity index (χ2v) is 7.15. The van der Waals surface area contributed by atoms with E-state index in [1.165, 1.54) is 0 Å². The summed E-state index contributed by atoms with van der Waals surface area (Å²) in [5.74, 6) is -0.248. The molecule has 0 bridgehead atoms. The van der Waals surface area contributed by atoms with E-state index in [1.807, 2.05) is 84.9 Å². The van der Waals surface area contributed by atoms with E-state index in [2.05, 4.69) is 10.3 Å². The zero-order valence-corrected chi connectivity index (χ0v) is 17.8. The molecule has 0 aliphatic rings. The van der Waals surface area contributed by atoms with E-state index in [4.69, 9.17) is 14.2 Å². The number of nitrogens with one attached hydrogen (secondary N) is 1. The Labute approximate surface area is 190 Å². The topological polar surface area (TPSA) is 86.8 Å². The summed E-state index contributed by atoms with van der Waals surface area (Å²) in [6.07, 6.45) is -0.834. The number of esters is 1. The highest BCUT2D eigenvalue weighted by Crippen LogP contribution is 2.30. The Bertz CT molecular complexity index is 1230. The summed E-state index contributed by atoms with van der Waals surface area (Å²) in [6.45, 7) is 0.0736. The summed E-state index contributed by atoms with van der Waals surface area (Å²) < 4.78 is 16.4. The van der Waals surface area contributed by atoms with Crippen LogP contribution >= 0.6 is 0 Å². The molecule has 1 N–H and O–H groups in total. The highest BCUT2D eigenvalue weighted by molar-refractivity contribution is 5.83. The molecule has 7 nitrogen and oxygen atoms in total. The van der Waals surface area contributed by atoms with Crippen LogP contribution in [0, 0.1) is 0 Å². The molecule has 0 spiro atoms. The van der Waals surface area contributed by atoms with Crippen molar-refractivity contribution in [2.24, 2.45) is 0 Å². The van der Waals surface area contributed by atoms with Crippen molar-refractivity contribution in [3.05, 3.63) is 102 Å². The summed E-state index contributed by atoms with van der Waals surface area (Å²) in [4.78, 5) is 28.7. The van der Waals surface area contributed by atoms with E-state index in [1.54, 1.807) is 6.07 Å². The summed E-state index contributed by atoms with van der Waals surface area (Å²) in [6, 6.07) is 28.1. The van der Waals surface area contributed by atoms with Crippen LogP contribution in [0.5, 0.6) is 11.6 Å². The van der Waals surface area contributed by atoms with Gasteiger partial charge in [0.15, 0.2) is 5.75 Å². The van der Waals surface area contributed by atoms with Crippen LogP contribution in [0.1, 0.15) is 11.1 Å². The van der Waals surface area contributed by atoms with Gasteiger partial charge in [0.25, 0.3) is 5.88 Å². The van der Waals surface area contributed by atoms with Gasteiger partial charge in [-0.25, -0.2) is 9.78 Å². The molecule has 166 valence electrons. The van der Waals surface area contributed by atoms with Gasteiger partial charge in [-0.3, -0.25) is 4.79 Å². The van der Waals surface area contributed by atoms with Gasteiger partial charge in [0, 0.05) is 5.39 Å². The summed E-state index contributed by atoms with van der Waals surface area (Å²) in [5.41, 5.74) is 2.46. The van der Waals surface area contributed by atoms with Gasteiger partial charge in [0.2, 0.25) is 0 Å². The second-order valence-electron chi connectivity index (χ2n) is 7.15. The first-order valence-electron chi connectivity index (χ1n) is 10.4. The highest BCUT2D eigenvalue weighted by atomic mass is 16.6. The van der Waals surface area contributed by atoms with Gasteiger partial charge in [-0.2, -0.15) is 0 Å². The summed E-state index contributed by atoms with van der Waals surface area (Å²) in [5, 5.41) is 3.23. The molecule has 0 aliphatic heterocycles. The first kappa shape index (κ1) is 21.8. The lowest BCUT2D eigenvalue weighted by Gasteiger charge is -2.13. The van der Waals surface area contributed by atoms with Crippen molar-refractivity contribution in [3.8, 4) is 11.6 Å². The first-order valence-corrected chi connectivity index (χ1v) is 10.4. The Balaban J connectivity index is 1.38. The van der Waals surface area contributed by atoms with Crippen molar-refractivity contribution < 1.29 is 23.8 Å². The van der Waals surface area contributed by atoms with Gasteiger partial charge in [-0.05, 0) is 23.3 Å². The predicted molar refractivity (Wildman–Crippen MR) is 123 cm³/mol. The number of rotatable bonds is 8. The standard InChI is InChI=1S/C26H22N2O5/c29-24(32-18-20-11-5-2-6-12-20)16-27-26(30)33-25-23(31-17-19-9-3-1-4-10-19)15-21-13-7-8-14-22(21)28-25/h1-15H,16-18H2,(H,27,30). The van der Waals surface area contributed by atoms with Crippen molar-refractivity contribution in [2.75, 3.05) is 6.54 Å². The third kappa shape index (κ3) is 6.30. The molecule has 33 heavy (non-hydrogen) atoms. The number of carbonyl (C=O) groups excluding carboxylic acids is 2. The van der Waals surface area contributed by atoms with E-state index in [9.17, 15) is 9.59 Å². The maximum atomic E-state index is 12.3. The highest BCUT2D eigenvalue weighted by Gasteiger charge is 2.15. The lowest BCUT2D eigenvalue weighted by molar-refractivity contribution is -0.143. The van der Waals surface area contributed by atoms with E-state index in [-0.39, 0.29) is 25.6 Å². The quantitative estimate of drug-likeness (QED) is 0.400. The number of ether oxygens (including phenoxy) is 3. The number of hydrogen-bond acceptors (Lipinski definition) is 6. The monoisotopic (exact) mass is 442 g/mol. The van der Waals surface area contributed by atoms with Crippen molar-refractivity contribution in [1.82, 2.24) is 10.3 Å². The largest absolute Gasteiger partial charge is 0.483 e. The van der Waals surface area contributed by atoms with Crippen LogP contribution < -0.4 is 14.8 Å². The Morgan fingerprint density at radius 1 is 0.788 bits per heavy atom. The molecule has 1 aromatic heterocycles. The van der Waals surface area contributed by atoms with Crippen LogP contribution in [0.2, 0.25) is 0 Å². The smallest absolute Gasteiger partial charge is 0.414 e. The van der Waals surface area contributed by atoms with Gasteiger partial charge >= 0.3 is 12.1 Å². The minimum Gasteiger partial charge on any atom is -0.483 e. The number of carbonyl (C=O) groups is 2. The van der Waals surface area contributed by atoms with E-state index < -0.39 is 12.1 Å². The molecule has 0 saturated heterocycles. The van der Waals surface area contributed by atoms with Gasteiger partial charge in [0.1, 0.15) is 19.8 Å². The normalized spacial score (nSPS) is 10.4. The molecule has 0 unspecified atom stereocenters. The first-order chi connectivity index (χ1) is 16.2. The number of hydrogen-bond donors (Lipinski definition) is 1. The molecule has 0 radical (unpaired) electrons. The van der Waals surface area contributed by atoms with Crippen LogP contribution in [0.15, 0.2) is 91.0 Å². The second kappa shape index (κ2) is 10.8. The fourth-order valence-corrected chi connectivity index (χ4v) is 3.05. The SMILES string of the molecule is O=C(CNC(=O)Oc1nc2ccccc2cc1OCc1ccccc1)OCc1ccccc1. The lowest BCUT2D eigenvalue weighted by Crippen LogP contribution is -2.33. The Morgan fingerprint density at radius 2 is 1.42 bits per heavy atom. The molecule has 3 aromatic carbocycles.